The van der Waals surface area contributed by atoms with Crippen LogP contribution in [-0.2, 0) is 0 Å². The van der Waals surface area contributed by atoms with Crippen LogP contribution in [0.4, 0.5) is 11.5 Å². The van der Waals surface area contributed by atoms with Gasteiger partial charge in [-0.25, -0.2) is 9.97 Å². The van der Waals surface area contributed by atoms with E-state index in [1.165, 1.54) is 0 Å². The largest absolute Gasteiger partial charge is 0.399 e. The van der Waals surface area contributed by atoms with Gasteiger partial charge in [0.1, 0.15) is 12.1 Å². The highest BCUT2D eigenvalue weighted by atomic mass is 16.3. The van der Waals surface area contributed by atoms with Crippen LogP contribution in [0.25, 0.3) is 10.9 Å². The summed E-state index contributed by atoms with van der Waals surface area (Å²) < 4.78 is 0. The first-order valence-corrected chi connectivity index (χ1v) is 6.58. The number of nitrogens with two attached hydrogens (primary N) is 1. The lowest BCUT2D eigenvalue weighted by Gasteiger charge is -2.27. The quantitative estimate of drug-likeness (QED) is 0.797. The minimum Gasteiger partial charge on any atom is -0.399 e. The molecule has 1 saturated heterocycles. The molecule has 1 aromatic heterocycles. The molecule has 0 spiro atoms. The van der Waals surface area contributed by atoms with Gasteiger partial charge >= 0.3 is 0 Å². The Morgan fingerprint density at radius 1 is 1.42 bits per heavy atom. The summed E-state index contributed by atoms with van der Waals surface area (Å²) in [7, 11) is 0. The number of fused-ring (bicyclic) bond motifs is 1. The number of rotatable bonds is 2. The monoisotopic (exact) mass is 258 g/mol. The molecular formula is C14H18N4O. The zero-order valence-corrected chi connectivity index (χ0v) is 11.0. The molecule has 1 aliphatic heterocycles. The van der Waals surface area contributed by atoms with Gasteiger partial charge in [-0.2, -0.15) is 0 Å². The molecule has 1 aromatic carbocycles. The average Bonchev–Trinajstić information content (AvgIpc) is 2.79. The van der Waals surface area contributed by atoms with Crippen LogP contribution in [-0.4, -0.2) is 34.3 Å². The molecule has 0 bridgehead atoms. The Morgan fingerprint density at radius 3 is 3.05 bits per heavy atom. The summed E-state index contributed by atoms with van der Waals surface area (Å²) in [5.41, 5.74) is 7.45. The third-order valence-corrected chi connectivity index (χ3v) is 3.98. The van der Waals surface area contributed by atoms with Gasteiger partial charge < -0.3 is 15.7 Å². The smallest absolute Gasteiger partial charge is 0.140 e. The molecule has 5 heteroatoms. The van der Waals surface area contributed by atoms with Gasteiger partial charge in [0.05, 0.1) is 18.2 Å². The first-order valence-electron chi connectivity index (χ1n) is 6.58. The van der Waals surface area contributed by atoms with E-state index in [0.29, 0.717) is 11.6 Å². The predicted molar refractivity (Wildman–Crippen MR) is 76.0 cm³/mol. The minimum atomic E-state index is 0.125. The van der Waals surface area contributed by atoms with Crippen molar-refractivity contribution in [1.29, 1.82) is 0 Å². The van der Waals surface area contributed by atoms with Crippen LogP contribution in [0.15, 0.2) is 24.5 Å². The van der Waals surface area contributed by atoms with E-state index in [9.17, 15) is 5.11 Å². The normalized spacial score (nSPS) is 23.2. The number of nitrogens with zero attached hydrogens (tertiary/aromatic N) is 3. The van der Waals surface area contributed by atoms with Gasteiger partial charge in [0.15, 0.2) is 0 Å². The highest BCUT2D eigenvalue weighted by Gasteiger charge is 2.32. The Hall–Kier alpha value is -1.88. The van der Waals surface area contributed by atoms with E-state index in [0.717, 1.165) is 29.7 Å². The van der Waals surface area contributed by atoms with Crippen molar-refractivity contribution in [3.8, 4) is 0 Å². The van der Waals surface area contributed by atoms with Crippen LogP contribution < -0.4 is 10.6 Å². The second kappa shape index (κ2) is 4.66. The van der Waals surface area contributed by atoms with Crippen LogP contribution in [0.1, 0.15) is 13.3 Å². The number of nitrogen functional groups attached to an aromatic ring is 1. The molecule has 2 unspecified atom stereocenters. The highest BCUT2D eigenvalue weighted by Crippen LogP contribution is 2.32. The van der Waals surface area contributed by atoms with E-state index in [-0.39, 0.29) is 12.6 Å². The van der Waals surface area contributed by atoms with Crippen LogP contribution in [0.2, 0.25) is 0 Å². The lowest BCUT2D eigenvalue weighted by atomic mass is 10.0. The fourth-order valence-corrected chi connectivity index (χ4v) is 2.84. The maximum Gasteiger partial charge on any atom is 0.140 e. The number of anilines is 2. The van der Waals surface area contributed by atoms with Gasteiger partial charge in [-0.05, 0) is 30.5 Å². The zero-order valence-electron chi connectivity index (χ0n) is 11.0. The SMILES string of the molecule is CC1CCN(c2ncnc3ccc(N)cc23)C1CO. The summed E-state index contributed by atoms with van der Waals surface area (Å²) in [5.74, 6) is 1.34. The van der Waals surface area contributed by atoms with Crippen molar-refractivity contribution in [3.05, 3.63) is 24.5 Å². The number of aliphatic hydroxyl groups excluding tert-OH is 1. The lowest BCUT2D eigenvalue weighted by molar-refractivity contribution is 0.244. The second-order valence-corrected chi connectivity index (χ2v) is 5.18. The molecule has 5 nitrogen and oxygen atoms in total. The Kier molecular flexibility index (Phi) is 2.98. The minimum absolute atomic E-state index is 0.125. The molecular weight excluding hydrogens is 240 g/mol. The molecule has 0 radical (unpaired) electrons. The molecule has 2 aromatic rings. The molecule has 19 heavy (non-hydrogen) atoms. The Morgan fingerprint density at radius 2 is 2.26 bits per heavy atom. The molecule has 0 aliphatic carbocycles. The zero-order chi connectivity index (χ0) is 13.4. The maximum atomic E-state index is 9.59. The molecule has 3 rings (SSSR count). The van der Waals surface area contributed by atoms with Gasteiger partial charge in [0.25, 0.3) is 0 Å². The van der Waals surface area contributed by atoms with Crippen LogP contribution in [0, 0.1) is 5.92 Å². The van der Waals surface area contributed by atoms with Crippen molar-refractivity contribution in [1.82, 2.24) is 9.97 Å². The van der Waals surface area contributed by atoms with E-state index < -0.39 is 0 Å². The molecule has 1 aliphatic rings. The van der Waals surface area contributed by atoms with Gasteiger partial charge in [0.2, 0.25) is 0 Å². The van der Waals surface area contributed by atoms with Crippen molar-refractivity contribution >= 4 is 22.4 Å². The van der Waals surface area contributed by atoms with E-state index in [4.69, 9.17) is 5.73 Å². The molecule has 0 saturated carbocycles. The number of hydrogen-bond donors (Lipinski definition) is 2. The Bertz CT molecular complexity index is 601. The molecule has 0 amide bonds. The van der Waals surface area contributed by atoms with Gasteiger partial charge in [-0.1, -0.05) is 6.92 Å². The topological polar surface area (TPSA) is 75.3 Å². The molecule has 3 N–H and O–H groups in total. The molecule has 1 fully saturated rings. The third kappa shape index (κ3) is 2.00. The fraction of sp³-hybridized carbons (Fsp3) is 0.429. The maximum absolute atomic E-state index is 9.59. The number of aliphatic hydroxyl groups is 1. The van der Waals surface area contributed by atoms with E-state index in [2.05, 4.69) is 21.8 Å². The summed E-state index contributed by atoms with van der Waals surface area (Å²) >= 11 is 0. The number of aromatic nitrogens is 2. The van der Waals surface area contributed by atoms with Crippen LogP contribution in [0.3, 0.4) is 0 Å². The summed E-state index contributed by atoms with van der Waals surface area (Å²) in [6, 6.07) is 5.78. The van der Waals surface area contributed by atoms with Crippen molar-refractivity contribution < 1.29 is 5.11 Å². The van der Waals surface area contributed by atoms with Gasteiger partial charge in [-0.3, -0.25) is 0 Å². The first-order chi connectivity index (χ1) is 9.20. The standard InChI is InChI=1S/C14H18N4O/c1-9-4-5-18(13(9)7-19)14-11-6-10(15)2-3-12(11)16-8-17-14/h2-3,6,8-9,13,19H,4-5,7,15H2,1H3. The third-order valence-electron chi connectivity index (χ3n) is 3.98. The summed E-state index contributed by atoms with van der Waals surface area (Å²) in [4.78, 5) is 10.9. The summed E-state index contributed by atoms with van der Waals surface area (Å²) in [6.07, 6.45) is 2.64. The van der Waals surface area contributed by atoms with Crippen molar-refractivity contribution in [2.45, 2.75) is 19.4 Å². The summed E-state index contributed by atoms with van der Waals surface area (Å²) in [5, 5.41) is 10.5. The first kappa shape index (κ1) is 12.2. The molecule has 2 atom stereocenters. The van der Waals surface area contributed by atoms with Gasteiger partial charge in [-0.15, -0.1) is 0 Å². The fourth-order valence-electron chi connectivity index (χ4n) is 2.84. The van der Waals surface area contributed by atoms with Crippen molar-refractivity contribution in [2.75, 3.05) is 23.8 Å². The van der Waals surface area contributed by atoms with E-state index >= 15 is 0 Å². The van der Waals surface area contributed by atoms with Crippen molar-refractivity contribution in [2.24, 2.45) is 5.92 Å². The molecule has 100 valence electrons. The van der Waals surface area contributed by atoms with E-state index in [1.807, 2.05) is 18.2 Å². The lowest BCUT2D eigenvalue weighted by Crippen LogP contribution is -2.35. The average molecular weight is 258 g/mol. The van der Waals surface area contributed by atoms with Crippen LogP contribution in [0.5, 0.6) is 0 Å². The molecule has 2 heterocycles. The van der Waals surface area contributed by atoms with Gasteiger partial charge in [0, 0.05) is 17.6 Å². The predicted octanol–water partition coefficient (Wildman–Crippen LogP) is 1.42. The highest BCUT2D eigenvalue weighted by molar-refractivity contribution is 5.91. The Labute approximate surface area is 112 Å². The second-order valence-electron chi connectivity index (χ2n) is 5.18. The van der Waals surface area contributed by atoms with E-state index in [1.54, 1.807) is 6.33 Å². The van der Waals surface area contributed by atoms with Crippen molar-refractivity contribution in [3.63, 3.8) is 0 Å². The Balaban J connectivity index is 2.12. The number of hydrogen-bond acceptors (Lipinski definition) is 5. The van der Waals surface area contributed by atoms with Crippen LogP contribution >= 0.6 is 0 Å². The number of benzene rings is 1. The summed E-state index contributed by atoms with van der Waals surface area (Å²) in [6.45, 7) is 3.22.